The van der Waals surface area contributed by atoms with Crippen molar-refractivity contribution in [2.24, 2.45) is 0 Å². The minimum Gasteiger partial charge on any atom is -0.354 e. The Kier molecular flexibility index (Phi) is 3.71. The van der Waals surface area contributed by atoms with Gasteiger partial charge in [-0.3, -0.25) is 14.1 Å². The second kappa shape index (κ2) is 6.01. The lowest BCUT2D eigenvalue weighted by Crippen LogP contribution is -2.11. The summed E-state index contributed by atoms with van der Waals surface area (Å²) in [6, 6.07) is 10.9. The van der Waals surface area contributed by atoms with Crippen LogP contribution in [0.1, 0.15) is 11.1 Å². The molecule has 8 heteroatoms. The fraction of sp³-hybridized carbons (Fsp3) is 0.0909. The van der Waals surface area contributed by atoms with Crippen LogP contribution in [-0.2, 0) is 10.1 Å². The molecule has 0 atom stereocenters. The average molecular weight is 420 g/mol. The van der Waals surface area contributed by atoms with Gasteiger partial charge in [0.1, 0.15) is 0 Å². The monoisotopic (exact) mass is 420 g/mol. The van der Waals surface area contributed by atoms with E-state index in [2.05, 4.69) is 9.97 Å². The number of benzene rings is 3. The number of fused-ring (bicyclic) bond motifs is 4. The number of hydrogen-bond acceptors (Lipinski definition) is 4. The zero-order valence-electron chi connectivity index (χ0n) is 16.0. The van der Waals surface area contributed by atoms with Crippen molar-refractivity contribution >= 4 is 53.7 Å². The van der Waals surface area contributed by atoms with E-state index in [0.717, 1.165) is 11.6 Å². The number of aromatic amines is 2. The van der Waals surface area contributed by atoms with Crippen molar-refractivity contribution < 1.29 is 13.0 Å². The fourth-order valence-electron chi connectivity index (χ4n) is 4.10. The lowest BCUT2D eigenvalue weighted by Gasteiger charge is -2.11. The van der Waals surface area contributed by atoms with Crippen LogP contribution in [0.25, 0.3) is 43.6 Å². The topological polar surface area (TPSA) is 120 Å². The summed E-state index contributed by atoms with van der Waals surface area (Å²) in [5, 5.41) is 1.52. The van der Waals surface area contributed by atoms with Crippen LogP contribution >= 0.6 is 0 Å². The van der Waals surface area contributed by atoms with E-state index >= 15 is 0 Å². The predicted molar refractivity (Wildman–Crippen MR) is 117 cm³/mol. The van der Waals surface area contributed by atoms with Crippen molar-refractivity contribution in [2.75, 3.05) is 0 Å². The largest absolute Gasteiger partial charge is 0.354 e. The van der Waals surface area contributed by atoms with E-state index in [0.29, 0.717) is 43.8 Å². The van der Waals surface area contributed by atoms with Crippen LogP contribution in [0.5, 0.6) is 0 Å². The first-order valence-corrected chi connectivity index (χ1v) is 10.6. The highest BCUT2D eigenvalue weighted by atomic mass is 32.2. The number of hydrogen-bond donors (Lipinski definition) is 3. The van der Waals surface area contributed by atoms with E-state index < -0.39 is 10.1 Å². The van der Waals surface area contributed by atoms with Crippen LogP contribution in [0, 0.1) is 13.8 Å². The number of pyridine rings is 2. The molecule has 0 aliphatic carbocycles. The predicted octanol–water partition coefficient (Wildman–Crippen LogP) is 3.54. The maximum absolute atomic E-state index is 13.3. The number of aromatic nitrogens is 2. The summed E-state index contributed by atoms with van der Waals surface area (Å²) >= 11 is 0. The van der Waals surface area contributed by atoms with E-state index in [1.165, 1.54) is 12.1 Å². The zero-order chi connectivity index (χ0) is 21.4. The molecule has 5 rings (SSSR count). The van der Waals surface area contributed by atoms with Crippen LogP contribution in [0.2, 0.25) is 0 Å². The third-order valence-corrected chi connectivity index (χ3v) is 6.47. The minimum absolute atomic E-state index is 0.130. The number of para-hydroxylation sites is 1. The highest BCUT2D eigenvalue weighted by molar-refractivity contribution is 7.85. The normalized spacial score (nSPS) is 12.4. The molecule has 7 nitrogen and oxygen atoms in total. The van der Waals surface area contributed by atoms with Gasteiger partial charge in [-0.25, -0.2) is 0 Å². The molecule has 0 amide bonds. The van der Waals surface area contributed by atoms with Crippen molar-refractivity contribution in [3.8, 4) is 0 Å². The van der Waals surface area contributed by atoms with Crippen LogP contribution in [0.15, 0.2) is 56.9 Å². The van der Waals surface area contributed by atoms with Crippen LogP contribution < -0.4 is 10.9 Å². The van der Waals surface area contributed by atoms with Crippen LogP contribution in [0.4, 0.5) is 0 Å². The highest BCUT2D eigenvalue weighted by Crippen LogP contribution is 2.27. The second-order valence-electron chi connectivity index (χ2n) is 7.43. The van der Waals surface area contributed by atoms with E-state index in [4.69, 9.17) is 0 Å². The van der Waals surface area contributed by atoms with Gasteiger partial charge in [-0.05, 0) is 55.3 Å². The van der Waals surface area contributed by atoms with Gasteiger partial charge in [0.05, 0.1) is 26.8 Å². The van der Waals surface area contributed by atoms with Crippen molar-refractivity contribution in [2.45, 2.75) is 18.7 Å². The van der Waals surface area contributed by atoms with Gasteiger partial charge in [0.2, 0.25) is 0 Å². The van der Waals surface area contributed by atoms with Crippen molar-refractivity contribution in [1.29, 1.82) is 0 Å². The Balaban J connectivity index is 2.01. The van der Waals surface area contributed by atoms with Gasteiger partial charge in [0.15, 0.2) is 10.9 Å². The Morgan fingerprint density at radius 2 is 1.57 bits per heavy atom. The summed E-state index contributed by atoms with van der Waals surface area (Å²) in [7, 11) is -4.44. The Hall–Kier alpha value is -3.49. The maximum atomic E-state index is 13.3. The number of H-pyrrole nitrogens is 2. The van der Waals surface area contributed by atoms with Gasteiger partial charge >= 0.3 is 0 Å². The molecule has 0 aliphatic rings. The molecule has 0 spiro atoms. The van der Waals surface area contributed by atoms with Gasteiger partial charge in [0, 0.05) is 21.7 Å². The standard InChI is InChI=1S/C22H16N2O5S/c1-10-4-3-5-13-19(10)24-20-11(2)18-17(9-15(20)21(13)25)23-16-7-6-12(30(27,28)29)8-14(16)22(18)26/h3-9H,1-2H3,(H,23,26)(H,24,25)(H,27,28,29). The van der Waals surface area contributed by atoms with Gasteiger partial charge in [-0.2, -0.15) is 8.42 Å². The first-order chi connectivity index (χ1) is 14.2. The SMILES string of the molecule is Cc1cccc2c(=O)c3cc4[nH]c5ccc(S(=O)(=O)O)cc5c(=O)c4c(C)c3[nH]c12. The molecule has 0 radical (unpaired) electrons. The quantitative estimate of drug-likeness (QED) is 0.283. The summed E-state index contributed by atoms with van der Waals surface area (Å²) in [6.07, 6.45) is 0. The van der Waals surface area contributed by atoms with Crippen molar-refractivity contribution in [3.63, 3.8) is 0 Å². The first kappa shape index (κ1) is 18.5. The second-order valence-corrected chi connectivity index (χ2v) is 8.86. The lowest BCUT2D eigenvalue weighted by atomic mass is 10.00. The molecule has 0 unspecified atom stereocenters. The Morgan fingerprint density at radius 3 is 2.30 bits per heavy atom. The third kappa shape index (κ3) is 2.51. The molecule has 3 N–H and O–H groups in total. The summed E-state index contributed by atoms with van der Waals surface area (Å²) in [5.41, 5.74) is 3.15. The molecule has 2 aromatic heterocycles. The molecular formula is C22H16N2O5S. The Labute approximate surface area is 169 Å². The van der Waals surface area contributed by atoms with Gasteiger partial charge in [0.25, 0.3) is 10.1 Å². The molecule has 0 saturated carbocycles. The maximum Gasteiger partial charge on any atom is 0.294 e. The van der Waals surface area contributed by atoms with Crippen LogP contribution in [-0.4, -0.2) is 22.9 Å². The Morgan fingerprint density at radius 1 is 0.800 bits per heavy atom. The molecule has 0 bridgehead atoms. The molecule has 2 heterocycles. The summed E-state index contributed by atoms with van der Waals surface area (Å²) in [5.74, 6) is 0. The van der Waals surface area contributed by atoms with Gasteiger partial charge < -0.3 is 9.97 Å². The van der Waals surface area contributed by atoms with E-state index in [1.54, 1.807) is 19.1 Å². The molecule has 0 fully saturated rings. The van der Waals surface area contributed by atoms with Crippen molar-refractivity contribution in [1.82, 2.24) is 9.97 Å². The van der Waals surface area contributed by atoms with E-state index in [1.807, 2.05) is 19.1 Å². The molecule has 30 heavy (non-hydrogen) atoms. The molecule has 3 aromatic carbocycles. The smallest absolute Gasteiger partial charge is 0.294 e. The molecule has 0 saturated heterocycles. The third-order valence-electron chi connectivity index (χ3n) is 5.62. The number of rotatable bonds is 1. The summed E-state index contributed by atoms with van der Waals surface area (Å²) < 4.78 is 32.3. The highest BCUT2D eigenvalue weighted by Gasteiger charge is 2.17. The first-order valence-electron chi connectivity index (χ1n) is 9.19. The van der Waals surface area contributed by atoms with E-state index in [9.17, 15) is 22.6 Å². The van der Waals surface area contributed by atoms with Gasteiger partial charge in [-0.1, -0.05) is 12.1 Å². The molecule has 0 aliphatic heterocycles. The molecule has 150 valence electrons. The number of nitrogens with one attached hydrogen (secondary N) is 2. The number of aryl methyl sites for hydroxylation is 2. The van der Waals surface area contributed by atoms with Crippen molar-refractivity contribution in [3.05, 3.63) is 74.0 Å². The molecule has 5 aromatic rings. The molecular weight excluding hydrogens is 404 g/mol. The average Bonchev–Trinajstić information content (AvgIpc) is 2.69. The minimum atomic E-state index is -4.44. The van der Waals surface area contributed by atoms with Crippen LogP contribution in [0.3, 0.4) is 0 Å². The lowest BCUT2D eigenvalue weighted by molar-refractivity contribution is 0.483. The van der Waals surface area contributed by atoms with E-state index in [-0.39, 0.29) is 21.1 Å². The summed E-state index contributed by atoms with van der Waals surface area (Å²) in [6.45, 7) is 3.65. The zero-order valence-corrected chi connectivity index (χ0v) is 16.8. The Bertz CT molecular complexity index is 1780. The van der Waals surface area contributed by atoms with Gasteiger partial charge in [-0.15, -0.1) is 0 Å². The fourth-order valence-corrected chi connectivity index (χ4v) is 4.61. The summed E-state index contributed by atoms with van der Waals surface area (Å²) in [4.78, 5) is 32.5.